The van der Waals surface area contributed by atoms with Gasteiger partial charge in [0, 0.05) is 21.7 Å². The van der Waals surface area contributed by atoms with E-state index in [2.05, 4.69) is 15.9 Å². The standard InChI is InChI=1S/C26H21BrO6/c1-15-10-20(32-14-21(28)16-4-6-18(27)7-5-16)13-23-25(15)26(29)24(33-23)12-17-11-19(30-2)8-9-22(17)31-3/h4-13H,14H2,1-3H3/b24-12-. The molecule has 168 valence electrons. The predicted molar refractivity (Wildman–Crippen MR) is 128 cm³/mol. The van der Waals surface area contributed by atoms with Gasteiger partial charge in [0.05, 0.1) is 19.8 Å². The SMILES string of the molecule is COc1ccc(OC)c(/C=C2\Oc3cc(OCC(=O)c4ccc(Br)cc4)cc(C)c3C2=O)c1. The van der Waals surface area contributed by atoms with Gasteiger partial charge in [-0.2, -0.15) is 0 Å². The van der Waals surface area contributed by atoms with Crippen molar-refractivity contribution in [2.24, 2.45) is 0 Å². The minimum atomic E-state index is -0.232. The van der Waals surface area contributed by atoms with Crippen molar-refractivity contribution in [1.29, 1.82) is 0 Å². The Kier molecular flexibility index (Phi) is 6.51. The molecule has 1 heterocycles. The fourth-order valence-electron chi connectivity index (χ4n) is 3.52. The second kappa shape index (κ2) is 9.50. The zero-order valence-corrected chi connectivity index (χ0v) is 19.9. The van der Waals surface area contributed by atoms with Crippen molar-refractivity contribution in [3.63, 3.8) is 0 Å². The summed E-state index contributed by atoms with van der Waals surface area (Å²) in [4.78, 5) is 25.4. The van der Waals surface area contributed by atoms with E-state index in [1.54, 1.807) is 81.8 Å². The molecule has 0 unspecified atom stereocenters. The fraction of sp³-hybridized carbons (Fsp3) is 0.154. The third-order valence-corrected chi connectivity index (χ3v) is 5.73. The lowest BCUT2D eigenvalue weighted by Crippen LogP contribution is -2.11. The molecule has 0 aromatic heterocycles. The molecule has 0 spiro atoms. The number of rotatable bonds is 7. The van der Waals surface area contributed by atoms with Gasteiger partial charge in [0.25, 0.3) is 0 Å². The number of aryl methyl sites for hydroxylation is 1. The summed E-state index contributed by atoms with van der Waals surface area (Å²) in [6.07, 6.45) is 1.63. The van der Waals surface area contributed by atoms with Crippen LogP contribution in [0, 0.1) is 6.92 Å². The van der Waals surface area contributed by atoms with Crippen molar-refractivity contribution in [2.75, 3.05) is 20.8 Å². The number of ether oxygens (including phenoxy) is 4. The molecule has 3 aromatic carbocycles. The van der Waals surface area contributed by atoms with E-state index in [0.29, 0.717) is 45.3 Å². The minimum absolute atomic E-state index is 0.127. The van der Waals surface area contributed by atoms with Crippen LogP contribution in [-0.4, -0.2) is 32.4 Å². The minimum Gasteiger partial charge on any atom is -0.497 e. The average Bonchev–Trinajstić information content (AvgIpc) is 3.13. The fourth-order valence-corrected chi connectivity index (χ4v) is 3.79. The highest BCUT2D eigenvalue weighted by molar-refractivity contribution is 9.10. The lowest BCUT2D eigenvalue weighted by atomic mass is 10.0. The number of halogens is 1. The van der Waals surface area contributed by atoms with E-state index in [9.17, 15) is 9.59 Å². The van der Waals surface area contributed by atoms with Crippen molar-refractivity contribution in [3.8, 4) is 23.0 Å². The van der Waals surface area contributed by atoms with Gasteiger partial charge in [0.2, 0.25) is 5.78 Å². The van der Waals surface area contributed by atoms with Gasteiger partial charge in [-0.1, -0.05) is 28.1 Å². The number of hydrogen-bond acceptors (Lipinski definition) is 6. The van der Waals surface area contributed by atoms with E-state index in [1.165, 1.54) is 0 Å². The maximum Gasteiger partial charge on any atom is 0.232 e. The van der Waals surface area contributed by atoms with Crippen LogP contribution in [0.3, 0.4) is 0 Å². The van der Waals surface area contributed by atoms with Crippen LogP contribution >= 0.6 is 15.9 Å². The number of ketones is 2. The predicted octanol–water partition coefficient (Wildman–Crippen LogP) is 5.65. The van der Waals surface area contributed by atoms with Gasteiger partial charge in [-0.25, -0.2) is 0 Å². The lowest BCUT2D eigenvalue weighted by Gasteiger charge is -2.09. The van der Waals surface area contributed by atoms with E-state index in [-0.39, 0.29) is 23.9 Å². The molecule has 6 nitrogen and oxygen atoms in total. The summed E-state index contributed by atoms with van der Waals surface area (Å²) < 4.78 is 23.1. The Labute approximate surface area is 199 Å². The second-order valence-electron chi connectivity index (χ2n) is 7.38. The molecule has 0 atom stereocenters. The molecular weight excluding hydrogens is 488 g/mol. The maximum absolute atomic E-state index is 13.0. The summed E-state index contributed by atoms with van der Waals surface area (Å²) in [6, 6.07) is 15.7. The quantitative estimate of drug-likeness (QED) is 0.303. The number of hydrogen-bond donors (Lipinski definition) is 0. The molecule has 0 N–H and O–H groups in total. The third kappa shape index (κ3) is 4.78. The highest BCUT2D eigenvalue weighted by Crippen LogP contribution is 2.38. The normalized spacial score (nSPS) is 13.5. The van der Waals surface area contributed by atoms with E-state index in [0.717, 1.165) is 4.47 Å². The second-order valence-corrected chi connectivity index (χ2v) is 8.30. The van der Waals surface area contributed by atoms with Crippen molar-refractivity contribution < 1.29 is 28.5 Å². The molecule has 0 saturated heterocycles. The van der Waals surface area contributed by atoms with Crippen LogP contribution in [0.5, 0.6) is 23.0 Å². The van der Waals surface area contributed by atoms with Crippen LogP contribution in [0.25, 0.3) is 6.08 Å². The van der Waals surface area contributed by atoms with Gasteiger partial charge in [-0.15, -0.1) is 0 Å². The number of Topliss-reactive ketones (excluding diaryl/α,β-unsaturated/α-hetero) is 2. The van der Waals surface area contributed by atoms with Gasteiger partial charge in [0.1, 0.15) is 23.0 Å². The molecule has 33 heavy (non-hydrogen) atoms. The smallest absolute Gasteiger partial charge is 0.232 e. The highest BCUT2D eigenvalue weighted by Gasteiger charge is 2.30. The first-order valence-electron chi connectivity index (χ1n) is 10.1. The summed E-state index contributed by atoms with van der Waals surface area (Å²) in [5, 5.41) is 0. The molecule has 0 fully saturated rings. The number of methoxy groups -OCH3 is 2. The first-order valence-corrected chi connectivity index (χ1v) is 10.9. The highest BCUT2D eigenvalue weighted by atomic mass is 79.9. The summed E-state index contributed by atoms with van der Waals surface area (Å²) in [7, 11) is 3.12. The Bertz CT molecular complexity index is 1260. The van der Waals surface area contributed by atoms with Gasteiger partial charge in [-0.05, 0) is 55.0 Å². The summed E-state index contributed by atoms with van der Waals surface area (Å²) in [6.45, 7) is 1.68. The summed E-state index contributed by atoms with van der Waals surface area (Å²) in [5.41, 5.74) is 2.38. The van der Waals surface area contributed by atoms with Gasteiger partial charge in [0.15, 0.2) is 18.1 Å². The van der Waals surface area contributed by atoms with E-state index in [4.69, 9.17) is 18.9 Å². The average molecular weight is 509 g/mol. The molecule has 7 heteroatoms. The van der Waals surface area contributed by atoms with Gasteiger partial charge >= 0.3 is 0 Å². The molecule has 0 bridgehead atoms. The van der Waals surface area contributed by atoms with Crippen LogP contribution in [0.4, 0.5) is 0 Å². The Hall–Kier alpha value is -3.58. The summed E-state index contributed by atoms with van der Waals surface area (Å²) >= 11 is 3.35. The zero-order valence-electron chi connectivity index (χ0n) is 18.3. The monoisotopic (exact) mass is 508 g/mol. The Morgan fingerprint density at radius 3 is 2.45 bits per heavy atom. The van der Waals surface area contributed by atoms with Crippen LogP contribution in [-0.2, 0) is 0 Å². The molecule has 1 aliphatic rings. The van der Waals surface area contributed by atoms with Crippen LogP contribution in [0.1, 0.15) is 31.8 Å². The molecule has 0 radical (unpaired) electrons. The number of benzene rings is 3. The zero-order chi connectivity index (χ0) is 23.5. The molecule has 0 saturated carbocycles. The van der Waals surface area contributed by atoms with Crippen molar-refractivity contribution >= 4 is 33.6 Å². The van der Waals surface area contributed by atoms with Crippen molar-refractivity contribution in [3.05, 3.63) is 87.1 Å². The van der Waals surface area contributed by atoms with E-state index >= 15 is 0 Å². The Balaban J connectivity index is 1.55. The molecule has 0 aliphatic carbocycles. The van der Waals surface area contributed by atoms with E-state index < -0.39 is 0 Å². The number of fused-ring (bicyclic) bond motifs is 1. The van der Waals surface area contributed by atoms with Gasteiger partial charge in [-0.3, -0.25) is 9.59 Å². The number of carbonyl (C=O) groups excluding carboxylic acids is 2. The van der Waals surface area contributed by atoms with Crippen molar-refractivity contribution in [2.45, 2.75) is 6.92 Å². The Morgan fingerprint density at radius 1 is 1.00 bits per heavy atom. The van der Waals surface area contributed by atoms with Crippen LogP contribution < -0.4 is 18.9 Å². The molecular formula is C26H21BrO6. The maximum atomic E-state index is 13.0. The number of allylic oxidation sites excluding steroid dienone is 1. The third-order valence-electron chi connectivity index (χ3n) is 5.20. The van der Waals surface area contributed by atoms with Crippen LogP contribution in [0.2, 0.25) is 0 Å². The topological polar surface area (TPSA) is 71.1 Å². The van der Waals surface area contributed by atoms with E-state index in [1.807, 2.05) is 0 Å². The van der Waals surface area contributed by atoms with Gasteiger partial charge < -0.3 is 18.9 Å². The lowest BCUT2D eigenvalue weighted by molar-refractivity contribution is 0.0920. The van der Waals surface area contributed by atoms with Crippen LogP contribution in [0.15, 0.2) is 64.8 Å². The Morgan fingerprint density at radius 2 is 1.76 bits per heavy atom. The first-order chi connectivity index (χ1) is 15.9. The first kappa shape index (κ1) is 22.6. The summed E-state index contributed by atoms with van der Waals surface area (Å²) in [5.74, 6) is 1.84. The number of carbonyl (C=O) groups is 2. The molecule has 3 aromatic rings. The van der Waals surface area contributed by atoms with Crippen molar-refractivity contribution in [1.82, 2.24) is 0 Å². The largest absolute Gasteiger partial charge is 0.497 e. The molecule has 4 rings (SSSR count). The molecule has 1 aliphatic heterocycles. The molecule has 0 amide bonds.